The van der Waals surface area contributed by atoms with Gasteiger partial charge in [-0.2, -0.15) is 0 Å². The molecule has 0 aromatic carbocycles. The van der Waals surface area contributed by atoms with Crippen molar-refractivity contribution in [1.82, 2.24) is 0 Å². The van der Waals surface area contributed by atoms with Crippen molar-refractivity contribution in [2.24, 2.45) is 0 Å². The molecule has 0 atom stereocenters. The summed E-state index contributed by atoms with van der Waals surface area (Å²) in [6.45, 7) is 0. The molecule has 0 nitrogen and oxygen atoms in total. The molecular weight excluding hydrogens is 288 g/mol. The van der Waals surface area contributed by atoms with Crippen molar-refractivity contribution < 1.29 is 0 Å². The third kappa shape index (κ3) is 5.04. The van der Waals surface area contributed by atoms with Crippen molar-refractivity contribution in [2.75, 3.05) is 5.33 Å². The van der Waals surface area contributed by atoms with E-state index in [1.54, 1.807) is 0 Å². The number of rotatable bonds is 2. The molecule has 0 fully saturated rings. The van der Waals surface area contributed by atoms with Gasteiger partial charge in [0.05, 0.1) is 0 Å². The molecular formula is C4H5Br3. The highest BCUT2D eigenvalue weighted by Crippen LogP contribution is 2.12. The van der Waals surface area contributed by atoms with E-state index < -0.39 is 0 Å². The molecule has 0 spiro atoms. The monoisotopic (exact) mass is 290 g/mol. The van der Waals surface area contributed by atoms with E-state index in [1.807, 2.05) is 4.99 Å². The average molecular weight is 293 g/mol. The molecule has 3 heteroatoms. The van der Waals surface area contributed by atoms with E-state index in [0.29, 0.717) is 0 Å². The lowest BCUT2D eigenvalue weighted by atomic mass is 10.5. The molecule has 42 valence electrons. The first-order valence-electron chi connectivity index (χ1n) is 1.82. The molecule has 0 aromatic rings. The van der Waals surface area contributed by atoms with Gasteiger partial charge in [0.1, 0.15) is 0 Å². The third-order valence-corrected chi connectivity index (χ3v) is 2.64. The smallest absolute Gasteiger partial charge is 0.00771 e. The fourth-order valence-electron chi connectivity index (χ4n) is 0.145. The van der Waals surface area contributed by atoms with Gasteiger partial charge in [-0.05, 0) is 11.4 Å². The lowest BCUT2D eigenvalue weighted by Crippen LogP contribution is -1.68. The van der Waals surface area contributed by atoms with Gasteiger partial charge in [-0.15, -0.1) is 0 Å². The molecule has 0 unspecified atom stereocenters. The number of hydrogen-bond acceptors (Lipinski definition) is 0. The van der Waals surface area contributed by atoms with E-state index in [0.717, 1.165) is 11.8 Å². The van der Waals surface area contributed by atoms with E-state index in [4.69, 9.17) is 0 Å². The second-order valence-electron chi connectivity index (χ2n) is 0.995. The van der Waals surface area contributed by atoms with Gasteiger partial charge < -0.3 is 0 Å². The Hall–Kier alpha value is 1.18. The SMILES string of the molecule is Br/C=C(\Br)CCBr. The van der Waals surface area contributed by atoms with Crippen LogP contribution >= 0.6 is 47.8 Å². The van der Waals surface area contributed by atoms with Crippen molar-refractivity contribution in [2.45, 2.75) is 6.42 Å². The summed E-state index contributed by atoms with van der Waals surface area (Å²) in [5, 5.41) is 1.01. The van der Waals surface area contributed by atoms with Crippen LogP contribution in [-0.4, -0.2) is 5.33 Å². The van der Waals surface area contributed by atoms with Gasteiger partial charge in [0.25, 0.3) is 0 Å². The summed E-state index contributed by atoms with van der Waals surface area (Å²) in [4.78, 5) is 1.87. The van der Waals surface area contributed by atoms with Crippen LogP contribution in [0.5, 0.6) is 0 Å². The highest BCUT2D eigenvalue weighted by molar-refractivity contribution is 9.14. The van der Waals surface area contributed by atoms with Crippen LogP contribution in [0.4, 0.5) is 0 Å². The fraction of sp³-hybridized carbons (Fsp3) is 0.500. The molecule has 0 aliphatic carbocycles. The Kier molecular flexibility index (Phi) is 6.22. The Morgan fingerprint density at radius 3 is 2.29 bits per heavy atom. The maximum atomic E-state index is 3.32. The average Bonchev–Trinajstić information content (AvgIpc) is 1.68. The molecule has 0 amide bonds. The maximum absolute atomic E-state index is 3.32. The zero-order chi connectivity index (χ0) is 5.70. The van der Waals surface area contributed by atoms with Crippen LogP contribution in [0.15, 0.2) is 9.47 Å². The minimum absolute atomic E-state index is 1.01. The van der Waals surface area contributed by atoms with Gasteiger partial charge in [0, 0.05) is 9.81 Å². The van der Waals surface area contributed by atoms with Gasteiger partial charge in [0.2, 0.25) is 0 Å². The number of allylic oxidation sites excluding steroid dienone is 1. The second kappa shape index (κ2) is 5.32. The van der Waals surface area contributed by atoms with Crippen LogP contribution in [0.3, 0.4) is 0 Å². The minimum Gasteiger partial charge on any atom is -0.0924 e. The molecule has 0 aliphatic heterocycles. The lowest BCUT2D eigenvalue weighted by Gasteiger charge is -1.86. The Balaban J connectivity index is 3.17. The fourth-order valence-corrected chi connectivity index (χ4v) is 1.53. The Labute approximate surface area is 68.7 Å². The molecule has 0 aromatic heterocycles. The van der Waals surface area contributed by atoms with E-state index in [2.05, 4.69) is 47.8 Å². The summed E-state index contributed by atoms with van der Waals surface area (Å²) in [5.41, 5.74) is 0. The van der Waals surface area contributed by atoms with Crippen molar-refractivity contribution in [3.8, 4) is 0 Å². The number of hydrogen-bond donors (Lipinski definition) is 0. The second-order valence-corrected chi connectivity index (χ2v) is 3.26. The Morgan fingerprint density at radius 1 is 1.57 bits per heavy atom. The van der Waals surface area contributed by atoms with Gasteiger partial charge in [-0.3, -0.25) is 0 Å². The third-order valence-electron chi connectivity index (χ3n) is 0.452. The van der Waals surface area contributed by atoms with E-state index in [1.165, 1.54) is 4.48 Å². The van der Waals surface area contributed by atoms with E-state index in [-0.39, 0.29) is 0 Å². The molecule has 0 rings (SSSR count). The summed E-state index contributed by atoms with van der Waals surface area (Å²) in [5.74, 6) is 0. The van der Waals surface area contributed by atoms with Crippen molar-refractivity contribution in [3.63, 3.8) is 0 Å². The highest BCUT2D eigenvalue weighted by atomic mass is 79.9. The molecule has 0 aliphatic rings. The molecule has 0 saturated carbocycles. The molecule has 0 N–H and O–H groups in total. The van der Waals surface area contributed by atoms with Gasteiger partial charge in [-0.25, -0.2) is 0 Å². The summed E-state index contributed by atoms with van der Waals surface area (Å²) in [7, 11) is 0. The zero-order valence-electron chi connectivity index (χ0n) is 3.63. The van der Waals surface area contributed by atoms with Crippen LogP contribution in [0.25, 0.3) is 0 Å². The summed E-state index contributed by atoms with van der Waals surface area (Å²) >= 11 is 9.81. The van der Waals surface area contributed by atoms with Crippen LogP contribution in [0.2, 0.25) is 0 Å². The molecule has 0 radical (unpaired) electrons. The predicted molar refractivity (Wildman–Crippen MR) is 44.3 cm³/mol. The number of halogens is 3. The molecule has 0 heterocycles. The molecule has 0 bridgehead atoms. The van der Waals surface area contributed by atoms with Gasteiger partial charge in [0.15, 0.2) is 0 Å². The standard InChI is InChI=1S/C4H5Br3/c5-2-1-4(7)3-6/h3H,1-2H2/b4-3-. The van der Waals surface area contributed by atoms with Crippen LogP contribution in [0, 0.1) is 0 Å². The van der Waals surface area contributed by atoms with E-state index in [9.17, 15) is 0 Å². The Bertz CT molecular complexity index is 67.3. The lowest BCUT2D eigenvalue weighted by molar-refractivity contribution is 1.25. The van der Waals surface area contributed by atoms with Crippen molar-refractivity contribution in [3.05, 3.63) is 9.47 Å². The normalized spacial score (nSPS) is 12.1. The van der Waals surface area contributed by atoms with Crippen LogP contribution in [0.1, 0.15) is 6.42 Å². The van der Waals surface area contributed by atoms with Gasteiger partial charge in [-0.1, -0.05) is 47.8 Å². The number of alkyl halides is 1. The molecule has 7 heavy (non-hydrogen) atoms. The predicted octanol–water partition coefficient (Wildman–Crippen LogP) is 3.40. The first-order valence-corrected chi connectivity index (χ1v) is 4.65. The highest BCUT2D eigenvalue weighted by Gasteiger charge is 1.84. The quantitative estimate of drug-likeness (QED) is 0.684. The largest absolute Gasteiger partial charge is 0.0924 e. The molecule has 0 saturated heterocycles. The van der Waals surface area contributed by atoms with Gasteiger partial charge >= 0.3 is 0 Å². The van der Waals surface area contributed by atoms with Crippen LogP contribution < -0.4 is 0 Å². The topological polar surface area (TPSA) is 0 Å². The summed E-state index contributed by atoms with van der Waals surface area (Å²) in [6, 6.07) is 0. The van der Waals surface area contributed by atoms with E-state index >= 15 is 0 Å². The first kappa shape index (κ1) is 8.18. The summed E-state index contributed by atoms with van der Waals surface area (Å²) < 4.78 is 1.18. The summed E-state index contributed by atoms with van der Waals surface area (Å²) in [6.07, 6.45) is 1.05. The maximum Gasteiger partial charge on any atom is 0.00771 e. The first-order chi connectivity index (χ1) is 3.31. The van der Waals surface area contributed by atoms with Crippen LogP contribution in [-0.2, 0) is 0 Å². The Morgan fingerprint density at radius 2 is 2.14 bits per heavy atom. The van der Waals surface area contributed by atoms with Crippen molar-refractivity contribution >= 4 is 47.8 Å². The minimum atomic E-state index is 1.01. The zero-order valence-corrected chi connectivity index (χ0v) is 8.38. The van der Waals surface area contributed by atoms with Crippen molar-refractivity contribution in [1.29, 1.82) is 0 Å².